The van der Waals surface area contributed by atoms with Crippen LogP contribution >= 0.6 is 24.8 Å². The molecule has 1 nitrogen and oxygen atoms in total. The van der Waals surface area contributed by atoms with E-state index in [0.717, 1.165) is 5.52 Å². The predicted molar refractivity (Wildman–Crippen MR) is 116 cm³/mol. The van der Waals surface area contributed by atoms with Gasteiger partial charge in [-0.15, -0.1) is 78.3 Å². The van der Waals surface area contributed by atoms with Crippen LogP contribution < -0.4 is 0 Å². The molecule has 1 heterocycles. The summed E-state index contributed by atoms with van der Waals surface area (Å²) in [6, 6.07) is 24.7. The van der Waals surface area contributed by atoms with Crippen molar-refractivity contribution in [3.05, 3.63) is 101 Å². The fourth-order valence-electron chi connectivity index (χ4n) is 2.00. The molecule has 0 atom stereocenters. The molecule has 0 bridgehead atoms. The van der Waals surface area contributed by atoms with Gasteiger partial charge < -0.3 is 27.3 Å². The Hall–Kier alpha value is -0.730. The Bertz CT molecular complexity index is 657. The summed E-state index contributed by atoms with van der Waals surface area (Å²) in [5.41, 5.74) is 1.15. The van der Waals surface area contributed by atoms with Crippen LogP contribution in [0.4, 0.5) is 0 Å². The molecule has 2 radical (unpaired) electrons. The number of hydrogen-bond acceptors (Lipinski definition) is 0. The van der Waals surface area contributed by atoms with E-state index in [4.69, 9.17) is 0 Å². The Morgan fingerprint density at radius 3 is 1.96 bits per heavy atom. The molecule has 4 rings (SSSR count). The van der Waals surface area contributed by atoms with Gasteiger partial charge in [0.2, 0.25) is 0 Å². The Morgan fingerprint density at radius 2 is 1.36 bits per heavy atom. The van der Waals surface area contributed by atoms with Gasteiger partial charge in [0.25, 0.3) is 0 Å². The molecule has 0 spiro atoms. The topological polar surface area (TPSA) is 15.8 Å². The summed E-state index contributed by atoms with van der Waals surface area (Å²) in [6.07, 6.45) is 2.91. The van der Waals surface area contributed by atoms with E-state index in [2.05, 4.69) is 66.6 Å². The van der Waals surface area contributed by atoms with Gasteiger partial charge in [-0.25, -0.2) is 0 Å². The van der Waals surface area contributed by atoms with Gasteiger partial charge in [0.05, 0.1) is 0 Å². The number of H-pyrrole nitrogens is 1. The van der Waals surface area contributed by atoms with Gasteiger partial charge in [0, 0.05) is 0 Å². The van der Waals surface area contributed by atoms with Gasteiger partial charge in [-0.1, -0.05) is 18.2 Å². The van der Waals surface area contributed by atoms with Crippen molar-refractivity contribution in [3.63, 3.8) is 0 Å². The van der Waals surface area contributed by atoms with Crippen LogP contribution in [0.5, 0.6) is 0 Å². The molecule has 4 aromatic rings. The summed E-state index contributed by atoms with van der Waals surface area (Å²) in [5.74, 6) is 0. The van der Waals surface area contributed by atoms with Crippen LogP contribution in [0.2, 0.25) is 0 Å². The Kier molecular flexibility index (Phi) is 23.1. The summed E-state index contributed by atoms with van der Waals surface area (Å²) in [5, 5.41) is 3.88. The van der Waals surface area contributed by atoms with Gasteiger partial charge in [0.1, 0.15) is 0 Å². The first-order valence-electron chi connectivity index (χ1n) is 6.23. The minimum Gasteiger partial charge on any atom is -0.477 e. The number of para-hydroxylation sites is 1. The van der Waals surface area contributed by atoms with E-state index in [1.165, 1.54) is 39.5 Å². The molecule has 3 aromatic carbocycles. The van der Waals surface area contributed by atoms with Crippen molar-refractivity contribution in [1.29, 1.82) is 0 Å². The second-order valence-corrected chi connectivity index (χ2v) is 4.16. The summed E-state index contributed by atoms with van der Waals surface area (Å²) >= 11 is 1.36. The van der Waals surface area contributed by atoms with Crippen LogP contribution in [-0.4, -0.2) is 11.9 Å². The molecule has 5 heteroatoms. The van der Waals surface area contributed by atoms with Crippen LogP contribution in [-0.2, 0) is 23.3 Å². The molecular weight excluding hydrogens is 444 g/mol. The quantitative estimate of drug-likeness (QED) is 0.229. The first-order valence-corrected chi connectivity index (χ1v) is 10.4. The zero-order valence-corrected chi connectivity index (χ0v) is 19.8. The number of fused-ring (bicyclic) bond motifs is 2. The number of nitrogens with one attached hydrogen (secondary N) is 1. The Labute approximate surface area is 182 Å². The molecule has 0 saturated heterocycles. The zero-order valence-electron chi connectivity index (χ0n) is 14.7. The molecule has 1 N–H and O–H groups in total. The van der Waals surface area contributed by atoms with Gasteiger partial charge in [-0.2, -0.15) is 29.0 Å². The van der Waals surface area contributed by atoms with E-state index in [1.807, 2.05) is 24.3 Å². The van der Waals surface area contributed by atoms with Crippen molar-refractivity contribution in [2.75, 3.05) is 0 Å². The minimum absolute atomic E-state index is 0. The number of benzene rings is 2. The summed E-state index contributed by atoms with van der Waals surface area (Å²) < 4.78 is 0. The fourth-order valence-corrected chi connectivity index (χ4v) is 2.00. The van der Waals surface area contributed by atoms with Crippen LogP contribution in [0.1, 0.15) is 0 Å². The molecule has 0 saturated carbocycles. The van der Waals surface area contributed by atoms with E-state index in [1.54, 1.807) is 0 Å². The number of aromatic nitrogens is 1. The maximum Gasteiger partial charge on any atom is -0.0745 e. The zero-order chi connectivity index (χ0) is 14.2. The van der Waals surface area contributed by atoms with Crippen LogP contribution in [0, 0.1) is 28.5 Å². The van der Waals surface area contributed by atoms with Crippen molar-refractivity contribution in [2.24, 2.45) is 0 Å². The number of rotatable bonds is 0. The molecule has 0 unspecified atom stereocenters. The SMILES string of the molecule is Cl.Cl.[CH3-].[CH3-].[CH3-].[Si]=[Zr].[c-]1cc2ccccc2[nH]1.c1ccc2[cH-]ccc2c1. The van der Waals surface area contributed by atoms with Gasteiger partial charge in [-0.05, 0) is 0 Å². The molecule has 0 amide bonds. The largest absolute Gasteiger partial charge is 0.477 e. The maximum absolute atomic E-state index is 3.06. The third kappa shape index (κ3) is 9.51. The van der Waals surface area contributed by atoms with Crippen molar-refractivity contribution < 1.29 is 23.3 Å². The van der Waals surface area contributed by atoms with E-state index in [9.17, 15) is 0 Å². The monoisotopic (exact) mass is 466 g/mol. The number of halogens is 2. The fraction of sp³-hybridized carbons (Fsp3) is 0. The average Bonchev–Trinajstić information content (AvgIpc) is 3.18. The van der Waals surface area contributed by atoms with Crippen molar-refractivity contribution in [1.82, 2.24) is 4.98 Å². The molecule has 0 fully saturated rings. The Balaban J connectivity index is -0.000000136. The molecular formula is C20H24Cl2NSiZr-5. The van der Waals surface area contributed by atoms with Crippen molar-refractivity contribution in [3.8, 4) is 0 Å². The van der Waals surface area contributed by atoms with E-state index < -0.39 is 0 Å². The van der Waals surface area contributed by atoms with Crippen molar-refractivity contribution >= 4 is 53.4 Å². The van der Waals surface area contributed by atoms with Crippen molar-refractivity contribution in [2.45, 2.75) is 0 Å². The first-order chi connectivity index (χ1) is 9.93. The maximum atomic E-state index is 3.06. The summed E-state index contributed by atoms with van der Waals surface area (Å²) in [4.78, 5) is 2.99. The molecule has 0 aliphatic carbocycles. The molecule has 25 heavy (non-hydrogen) atoms. The number of aromatic amines is 1. The minimum atomic E-state index is 0. The van der Waals surface area contributed by atoms with Gasteiger partial charge >= 0.3 is 30.2 Å². The first kappa shape index (κ1) is 32.0. The van der Waals surface area contributed by atoms with Crippen LogP contribution in [0.15, 0.2) is 72.8 Å². The van der Waals surface area contributed by atoms with E-state index >= 15 is 0 Å². The standard InChI is InChI=1S/C9H7.C8H6N.3CH3.2ClH.Si.Zr/c1-2-5-9-7-3-6-8(9)4-1;1-2-4-8-7(3-1)5-6-9-8;;;;;;;/h1-7H;1-5,9H;3*1H3;2*1H;;/q5*-1;;;;. The van der Waals surface area contributed by atoms with Gasteiger partial charge in [0.15, 0.2) is 0 Å². The van der Waals surface area contributed by atoms with E-state index in [-0.39, 0.29) is 47.1 Å². The molecule has 0 aliphatic rings. The summed E-state index contributed by atoms with van der Waals surface area (Å²) in [6.45, 7) is 3.06. The third-order valence-electron chi connectivity index (χ3n) is 2.94. The summed E-state index contributed by atoms with van der Waals surface area (Å²) in [7, 11) is 0. The smallest absolute Gasteiger partial charge is 0.0745 e. The normalized spacial score (nSPS) is 7.48. The van der Waals surface area contributed by atoms with Crippen LogP contribution in [0.25, 0.3) is 21.7 Å². The number of hydrogen-bond donors (Lipinski definition) is 1. The van der Waals surface area contributed by atoms with Gasteiger partial charge in [-0.3, -0.25) is 0 Å². The Morgan fingerprint density at radius 1 is 0.800 bits per heavy atom. The van der Waals surface area contributed by atoms with Crippen LogP contribution in [0.3, 0.4) is 0 Å². The third-order valence-corrected chi connectivity index (χ3v) is 2.94. The second-order valence-electron chi connectivity index (χ2n) is 4.16. The second kappa shape index (κ2) is 18.1. The molecule has 0 aliphatic heterocycles. The predicted octanol–water partition coefficient (Wildman–Crippen LogP) is 6.34. The average molecular weight is 469 g/mol. The van der Waals surface area contributed by atoms with E-state index in [0.29, 0.717) is 0 Å². The molecule has 1 aromatic heterocycles. The molecule has 136 valence electrons.